The lowest BCUT2D eigenvalue weighted by molar-refractivity contribution is -0.113. The average molecular weight is 426 g/mol. The van der Waals surface area contributed by atoms with Crippen LogP contribution >= 0.6 is 15.9 Å². The number of benzene rings is 3. The van der Waals surface area contributed by atoms with Crippen LogP contribution < -0.4 is 15.2 Å². The number of halogens is 1. The van der Waals surface area contributed by atoms with E-state index in [9.17, 15) is 9.59 Å². The van der Waals surface area contributed by atoms with E-state index in [1.807, 2.05) is 36.4 Å². The third kappa shape index (κ3) is 4.17. The van der Waals surface area contributed by atoms with Gasteiger partial charge in [-0.1, -0.05) is 36.4 Å². The fourth-order valence-corrected chi connectivity index (χ4v) is 3.21. The van der Waals surface area contributed by atoms with E-state index in [0.29, 0.717) is 21.3 Å². The van der Waals surface area contributed by atoms with Crippen LogP contribution in [0.15, 0.2) is 65.1 Å². The normalized spacial score (nSPS) is 10.9. The molecule has 0 aliphatic heterocycles. The molecule has 0 saturated heterocycles. The van der Waals surface area contributed by atoms with Gasteiger partial charge in [-0.25, -0.2) is 4.79 Å². The summed E-state index contributed by atoms with van der Waals surface area (Å²) in [4.78, 5) is 23.7. The Morgan fingerprint density at radius 2 is 1.81 bits per heavy atom. The Bertz CT molecular complexity index is 1050. The molecule has 0 bridgehead atoms. The van der Waals surface area contributed by atoms with E-state index in [-0.39, 0.29) is 5.75 Å². The standard InChI is InChI=1S/C21H16BrNO4/c1-26-18-12-13(9-10-19(23)24)11-17(22)20(18)27-21(25)16-8-4-6-14-5-2-3-7-15(14)16/h2-12H,1H3,(H2,23,24)/b10-9+. The third-order valence-corrected chi connectivity index (χ3v) is 4.49. The Labute approximate surface area is 164 Å². The van der Waals surface area contributed by atoms with Crippen molar-refractivity contribution in [1.29, 1.82) is 0 Å². The van der Waals surface area contributed by atoms with Crippen LogP contribution in [0.2, 0.25) is 0 Å². The van der Waals surface area contributed by atoms with Crippen molar-refractivity contribution < 1.29 is 19.1 Å². The number of rotatable bonds is 5. The summed E-state index contributed by atoms with van der Waals surface area (Å²) in [5, 5.41) is 1.76. The predicted molar refractivity (Wildman–Crippen MR) is 108 cm³/mol. The van der Waals surface area contributed by atoms with Crippen LogP contribution in [0.25, 0.3) is 16.8 Å². The SMILES string of the molecule is COc1cc(/C=C/C(N)=O)cc(Br)c1OC(=O)c1cccc2ccccc12. The summed E-state index contributed by atoms with van der Waals surface area (Å²) in [7, 11) is 1.47. The first kappa shape index (κ1) is 18.7. The lowest BCUT2D eigenvalue weighted by atomic mass is 10.0. The van der Waals surface area contributed by atoms with E-state index in [4.69, 9.17) is 15.2 Å². The second-order valence-electron chi connectivity index (χ2n) is 5.69. The summed E-state index contributed by atoms with van der Waals surface area (Å²) in [6, 6.07) is 16.4. The lowest BCUT2D eigenvalue weighted by Gasteiger charge is -2.13. The van der Waals surface area contributed by atoms with Gasteiger partial charge in [-0.2, -0.15) is 0 Å². The quantitative estimate of drug-likeness (QED) is 0.374. The Kier molecular flexibility index (Phi) is 5.57. The number of hydrogen-bond donors (Lipinski definition) is 1. The van der Waals surface area contributed by atoms with E-state index in [2.05, 4.69) is 15.9 Å². The van der Waals surface area contributed by atoms with Gasteiger partial charge in [-0.15, -0.1) is 0 Å². The minimum absolute atomic E-state index is 0.256. The van der Waals surface area contributed by atoms with Crippen LogP contribution in [0.4, 0.5) is 0 Å². The van der Waals surface area contributed by atoms with Gasteiger partial charge >= 0.3 is 5.97 Å². The van der Waals surface area contributed by atoms with Gasteiger partial charge in [0, 0.05) is 6.08 Å². The molecule has 1 amide bonds. The number of methoxy groups -OCH3 is 1. The zero-order chi connectivity index (χ0) is 19.4. The number of amides is 1. The van der Waals surface area contributed by atoms with Gasteiger partial charge in [-0.05, 0) is 56.5 Å². The minimum Gasteiger partial charge on any atom is -0.493 e. The molecule has 0 fully saturated rings. The van der Waals surface area contributed by atoms with Crippen molar-refractivity contribution in [3.05, 3.63) is 76.3 Å². The van der Waals surface area contributed by atoms with Gasteiger partial charge in [0.05, 0.1) is 17.1 Å². The number of carbonyl (C=O) groups is 2. The van der Waals surface area contributed by atoms with E-state index in [1.54, 1.807) is 24.3 Å². The molecule has 0 saturated carbocycles. The highest BCUT2D eigenvalue weighted by atomic mass is 79.9. The zero-order valence-electron chi connectivity index (χ0n) is 14.4. The van der Waals surface area contributed by atoms with Gasteiger partial charge in [0.1, 0.15) is 0 Å². The van der Waals surface area contributed by atoms with E-state index >= 15 is 0 Å². The maximum absolute atomic E-state index is 12.8. The number of nitrogens with two attached hydrogens (primary N) is 1. The lowest BCUT2D eigenvalue weighted by Crippen LogP contribution is -2.10. The zero-order valence-corrected chi connectivity index (χ0v) is 16.0. The molecule has 0 unspecified atom stereocenters. The number of hydrogen-bond acceptors (Lipinski definition) is 4. The molecule has 0 aliphatic rings. The van der Waals surface area contributed by atoms with Crippen molar-refractivity contribution in [3.8, 4) is 11.5 Å². The van der Waals surface area contributed by atoms with Crippen LogP contribution in [0, 0.1) is 0 Å². The van der Waals surface area contributed by atoms with Crippen molar-refractivity contribution in [2.45, 2.75) is 0 Å². The fourth-order valence-electron chi connectivity index (χ4n) is 2.66. The number of primary amides is 1. The second kappa shape index (κ2) is 8.05. The van der Waals surface area contributed by atoms with Crippen molar-refractivity contribution in [2.24, 2.45) is 5.73 Å². The Morgan fingerprint density at radius 3 is 2.56 bits per heavy atom. The topological polar surface area (TPSA) is 78.6 Å². The molecule has 3 aromatic rings. The Balaban J connectivity index is 1.97. The monoisotopic (exact) mass is 425 g/mol. The number of fused-ring (bicyclic) bond motifs is 1. The Morgan fingerprint density at radius 1 is 1.07 bits per heavy atom. The molecular weight excluding hydrogens is 410 g/mol. The maximum atomic E-state index is 12.8. The Hall–Kier alpha value is -3.12. The van der Waals surface area contributed by atoms with Gasteiger partial charge in [0.15, 0.2) is 11.5 Å². The van der Waals surface area contributed by atoms with E-state index in [1.165, 1.54) is 13.2 Å². The molecule has 3 aromatic carbocycles. The highest BCUT2D eigenvalue weighted by molar-refractivity contribution is 9.10. The smallest absolute Gasteiger partial charge is 0.344 e. The molecule has 0 radical (unpaired) electrons. The summed E-state index contributed by atoms with van der Waals surface area (Å²) in [5.74, 6) is -0.448. The van der Waals surface area contributed by atoms with Crippen molar-refractivity contribution in [1.82, 2.24) is 0 Å². The molecule has 6 heteroatoms. The van der Waals surface area contributed by atoms with E-state index < -0.39 is 11.9 Å². The molecule has 0 aliphatic carbocycles. The van der Waals surface area contributed by atoms with Gasteiger partial charge in [0.25, 0.3) is 0 Å². The van der Waals surface area contributed by atoms with Crippen molar-refractivity contribution in [3.63, 3.8) is 0 Å². The average Bonchev–Trinajstić information content (AvgIpc) is 2.67. The molecule has 5 nitrogen and oxygen atoms in total. The molecule has 0 atom stereocenters. The summed E-state index contributed by atoms with van der Waals surface area (Å²) in [6.07, 6.45) is 2.79. The highest BCUT2D eigenvalue weighted by Crippen LogP contribution is 2.38. The molecule has 136 valence electrons. The minimum atomic E-state index is -0.559. The first-order valence-corrected chi connectivity index (χ1v) is 8.84. The van der Waals surface area contributed by atoms with Gasteiger partial charge in [0.2, 0.25) is 5.91 Å². The first-order valence-electron chi connectivity index (χ1n) is 8.04. The predicted octanol–water partition coefficient (Wildman–Crippen LogP) is 4.33. The van der Waals surface area contributed by atoms with Crippen LogP contribution in [0.3, 0.4) is 0 Å². The summed E-state index contributed by atoms with van der Waals surface area (Å²) in [6.45, 7) is 0. The second-order valence-corrected chi connectivity index (χ2v) is 6.54. The summed E-state index contributed by atoms with van der Waals surface area (Å²) < 4.78 is 11.5. The van der Waals surface area contributed by atoms with Crippen molar-refractivity contribution >= 4 is 44.7 Å². The van der Waals surface area contributed by atoms with Crippen LogP contribution in [0.1, 0.15) is 15.9 Å². The van der Waals surface area contributed by atoms with Crippen molar-refractivity contribution in [2.75, 3.05) is 7.11 Å². The molecule has 0 heterocycles. The van der Waals surface area contributed by atoms with Gasteiger partial charge < -0.3 is 15.2 Å². The molecule has 2 N–H and O–H groups in total. The third-order valence-electron chi connectivity index (χ3n) is 3.90. The van der Waals surface area contributed by atoms with Crippen LogP contribution in [0.5, 0.6) is 11.5 Å². The van der Waals surface area contributed by atoms with Crippen LogP contribution in [-0.2, 0) is 4.79 Å². The van der Waals surface area contributed by atoms with E-state index in [0.717, 1.165) is 10.8 Å². The number of carbonyl (C=O) groups excluding carboxylic acids is 2. The molecule has 3 rings (SSSR count). The molecule has 0 aromatic heterocycles. The summed E-state index contributed by atoms with van der Waals surface area (Å²) >= 11 is 3.39. The summed E-state index contributed by atoms with van der Waals surface area (Å²) in [5.41, 5.74) is 6.24. The molecule has 0 spiro atoms. The number of esters is 1. The molecule has 27 heavy (non-hydrogen) atoms. The van der Waals surface area contributed by atoms with Crippen LogP contribution in [-0.4, -0.2) is 19.0 Å². The maximum Gasteiger partial charge on any atom is 0.344 e. The highest BCUT2D eigenvalue weighted by Gasteiger charge is 2.18. The fraction of sp³-hybridized carbons (Fsp3) is 0.0476. The molecular formula is C21H16BrNO4. The number of ether oxygens (including phenoxy) is 2. The largest absolute Gasteiger partial charge is 0.493 e. The first-order chi connectivity index (χ1) is 13.0. The van der Waals surface area contributed by atoms with Gasteiger partial charge in [-0.3, -0.25) is 4.79 Å².